The molecule has 13 heavy (non-hydrogen) atoms. The smallest absolute Gasteiger partial charge is 0.315 e. The molecule has 3 atom stereocenters. The first kappa shape index (κ1) is 9.00. The zero-order chi connectivity index (χ0) is 9.47. The van der Waals surface area contributed by atoms with Crippen LogP contribution in [0.2, 0.25) is 0 Å². The summed E-state index contributed by atoms with van der Waals surface area (Å²) in [5, 5.41) is 0. The molecule has 0 aromatic rings. The number of fused-ring (bicyclic) bond motifs is 2. The Labute approximate surface area is 79.3 Å². The fraction of sp³-hybridized carbons (Fsp3) is 0.900. The van der Waals surface area contributed by atoms with Crippen molar-refractivity contribution in [2.45, 2.75) is 13.3 Å². The highest BCUT2D eigenvalue weighted by Crippen LogP contribution is 2.38. The summed E-state index contributed by atoms with van der Waals surface area (Å²) in [7, 11) is 2.25. The number of ether oxygens (including phenoxy) is 1. The number of hydrogen-bond donors (Lipinski definition) is 0. The van der Waals surface area contributed by atoms with Crippen LogP contribution < -0.4 is 0 Å². The van der Waals surface area contributed by atoms with E-state index in [1.807, 2.05) is 6.92 Å². The van der Waals surface area contributed by atoms with E-state index in [-0.39, 0.29) is 11.9 Å². The van der Waals surface area contributed by atoms with Crippen LogP contribution in [0.4, 0.5) is 0 Å². The third-order valence-corrected chi connectivity index (χ3v) is 3.51. The highest BCUT2D eigenvalue weighted by Gasteiger charge is 2.52. The SMILES string of the molecule is CCOC(=O)[C@@H]1C[N+]2(C)CC[C@@H]1C2. The Bertz CT molecular complexity index is 229. The quantitative estimate of drug-likeness (QED) is 0.465. The van der Waals surface area contributed by atoms with Gasteiger partial charge in [-0.25, -0.2) is 0 Å². The Morgan fingerprint density at radius 2 is 2.31 bits per heavy atom. The van der Waals surface area contributed by atoms with E-state index in [1.54, 1.807) is 0 Å². The predicted molar refractivity (Wildman–Crippen MR) is 49.0 cm³/mol. The monoisotopic (exact) mass is 184 g/mol. The van der Waals surface area contributed by atoms with Crippen molar-refractivity contribution in [1.29, 1.82) is 0 Å². The fourth-order valence-corrected chi connectivity index (χ4v) is 2.86. The van der Waals surface area contributed by atoms with Gasteiger partial charge in [-0.15, -0.1) is 0 Å². The summed E-state index contributed by atoms with van der Waals surface area (Å²) in [6, 6.07) is 0. The van der Waals surface area contributed by atoms with E-state index in [1.165, 1.54) is 19.5 Å². The van der Waals surface area contributed by atoms with Gasteiger partial charge in [-0.1, -0.05) is 0 Å². The molecular weight excluding hydrogens is 166 g/mol. The minimum absolute atomic E-state index is 0.0362. The van der Waals surface area contributed by atoms with Gasteiger partial charge in [0.25, 0.3) is 0 Å². The third kappa shape index (κ3) is 1.46. The van der Waals surface area contributed by atoms with Gasteiger partial charge in [0, 0.05) is 12.3 Å². The molecule has 2 aliphatic rings. The molecule has 0 amide bonds. The van der Waals surface area contributed by atoms with Gasteiger partial charge in [0.1, 0.15) is 5.92 Å². The molecular formula is C10H18NO2+. The van der Waals surface area contributed by atoms with Crippen molar-refractivity contribution in [2.24, 2.45) is 11.8 Å². The first-order valence-corrected chi connectivity index (χ1v) is 5.15. The van der Waals surface area contributed by atoms with Crippen molar-refractivity contribution >= 4 is 5.97 Å². The molecule has 2 fully saturated rings. The zero-order valence-corrected chi connectivity index (χ0v) is 8.45. The average Bonchev–Trinajstić information content (AvgIpc) is 2.59. The molecule has 0 N–H and O–H groups in total. The Morgan fingerprint density at radius 3 is 2.77 bits per heavy atom. The van der Waals surface area contributed by atoms with Crippen molar-refractivity contribution < 1.29 is 14.0 Å². The maximum Gasteiger partial charge on any atom is 0.315 e. The lowest BCUT2D eigenvalue weighted by atomic mass is 9.93. The van der Waals surface area contributed by atoms with E-state index in [9.17, 15) is 4.79 Å². The van der Waals surface area contributed by atoms with Crippen LogP contribution in [0.15, 0.2) is 0 Å². The van der Waals surface area contributed by atoms with Gasteiger partial charge in [0.15, 0.2) is 0 Å². The predicted octanol–water partition coefficient (Wildman–Crippen LogP) is 0.646. The molecule has 0 radical (unpaired) electrons. The lowest BCUT2D eigenvalue weighted by Gasteiger charge is -2.28. The average molecular weight is 184 g/mol. The summed E-state index contributed by atoms with van der Waals surface area (Å²) in [6.45, 7) is 5.83. The number of hydrogen-bond acceptors (Lipinski definition) is 2. The maximum absolute atomic E-state index is 11.5. The fourth-order valence-electron chi connectivity index (χ4n) is 2.86. The van der Waals surface area contributed by atoms with Gasteiger partial charge >= 0.3 is 5.97 Å². The number of rotatable bonds is 2. The Hall–Kier alpha value is -0.570. The highest BCUT2D eigenvalue weighted by molar-refractivity contribution is 5.73. The third-order valence-electron chi connectivity index (χ3n) is 3.51. The second-order valence-corrected chi connectivity index (χ2v) is 4.62. The molecule has 2 bridgehead atoms. The standard InChI is InChI=1S/C10H18NO2/c1-3-13-10(12)9-7-11(2)5-4-8(9)6-11/h8-9H,3-7H2,1-2H3/q+1/t8-,9-,11?/m1/s1. The Morgan fingerprint density at radius 1 is 1.54 bits per heavy atom. The molecule has 2 rings (SSSR count). The molecule has 2 saturated heterocycles. The van der Waals surface area contributed by atoms with Gasteiger partial charge < -0.3 is 9.22 Å². The summed E-state index contributed by atoms with van der Waals surface area (Å²) in [5.41, 5.74) is 0. The van der Waals surface area contributed by atoms with Gasteiger partial charge in [-0.05, 0) is 6.92 Å². The number of nitrogens with zero attached hydrogens (tertiary/aromatic N) is 1. The van der Waals surface area contributed by atoms with E-state index in [0.29, 0.717) is 12.5 Å². The summed E-state index contributed by atoms with van der Waals surface area (Å²) in [5.74, 6) is 0.830. The first-order chi connectivity index (χ1) is 6.14. The van der Waals surface area contributed by atoms with Crippen molar-refractivity contribution in [1.82, 2.24) is 0 Å². The molecule has 1 unspecified atom stereocenters. The maximum atomic E-state index is 11.5. The van der Waals surface area contributed by atoms with Crippen LogP contribution in [0.1, 0.15) is 13.3 Å². The van der Waals surface area contributed by atoms with Crippen molar-refractivity contribution in [3.63, 3.8) is 0 Å². The van der Waals surface area contributed by atoms with E-state index >= 15 is 0 Å². The molecule has 2 aliphatic heterocycles. The highest BCUT2D eigenvalue weighted by atomic mass is 16.5. The largest absolute Gasteiger partial charge is 0.466 e. The van der Waals surface area contributed by atoms with Crippen LogP contribution in [0.3, 0.4) is 0 Å². The van der Waals surface area contributed by atoms with Gasteiger partial charge in [-0.2, -0.15) is 0 Å². The molecule has 2 heterocycles. The van der Waals surface area contributed by atoms with Crippen LogP contribution in [0, 0.1) is 11.8 Å². The van der Waals surface area contributed by atoms with Crippen molar-refractivity contribution in [3.05, 3.63) is 0 Å². The van der Waals surface area contributed by atoms with Gasteiger partial charge in [-0.3, -0.25) is 4.79 Å². The van der Waals surface area contributed by atoms with Gasteiger partial charge in [0.05, 0.1) is 33.3 Å². The number of carbonyl (C=O) groups is 1. The molecule has 0 aromatic carbocycles. The Kier molecular flexibility index (Phi) is 2.06. The number of esters is 1. The van der Waals surface area contributed by atoms with E-state index in [4.69, 9.17) is 4.74 Å². The number of carbonyl (C=O) groups excluding carboxylic acids is 1. The molecule has 0 aromatic heterocycles. The van der Waals surface area contributed by atoms with Crippen LogP contribution >= 0.6 is 0 Å². The lowest BCUT2D eigenvalue weighted by Crippen LogP contribution is -2.42. The summed E-state index contributed by atoms with van der Waals surface area (Å²) < 4.78 is 6.17. The normalized spacial score (nSPS) is 42.3. The van der Waals surface area contributed by atoms with Crippen LogP contribution in [0.5, 0.6) is 0 Å². The first-order valence-electron chi connectivity index (χ1n) is 5.15. The second-order valence-electron chi connectivity index (χ2n) is 4.62. The van der Waals surface area contributed by atoms with Crippen LogP contribution in [-0.2, 0) is 9.53 Å². The molecule has 3 nitrogen and oxygen atoms in total. The van der Waals surface area contributed by atoms with Crippen LogP contribution in [-0.4, -0.2) is 43.7 Å². The number of piperidine rings is 1. The minimum Gasteiger partial charge on any atom is -0.466 e. The van der Waals surface area contributed by atoms with E-state index in [0.717, 1.165) is 11.0 Å². The van der Waals surface area contributed by atoms with Crippen LogP contribution in [0.25, 0.3) is 0 Å². The number of quaternary nitrogens is 1. The minimum atomic E-state index is 0.0362. The Balaban J connectivity index is 2.00. The van der Waals surface area contributed by atoms with Crippen molar-refractivity contribution in [3.8, 4) is 0 Å². The second kappa shape index (κ2) is 2.98. The van der Waals surface area contributed by atoms with Crippen molar-refractivity contribution in [2.75, 3.05) is 33.3 Å². The zero-order valence-electron chi connectivity index (χ0n) is 8.45. The molecule has 3 heteroatoms. The summed E-state index contributed by atoms with van der Waals surface area (Å²) >= 11 is 0. The molecule has 74 valence electrons. The van der Waals surface area contributed by atoms with E-state index in [2.05, 4.69) is 7.05 Å². The molecule has 0 spiro atoms. The van der Waals surface area contributed by atoms with Gasteiger partial charge in [0.2, 0.25) is 0 Å². The van der Waals surface area contributed by atoms with E-state index < -0.39 is 0 Å². The summed E-state index contributed by atoms with van der Waals surface area (Å²) in [4.78, 5) is 11.5. The topological polar surface area (TPSA) is 26.3 Å². The lowest BCUT2D eigenvalue weighted by molar-refractivity contribution is -0.890. The summed E-state index contributed by atoms with van der Waals surface area (Å²) in [6.07, 6.45) is 1.21. The molecule has 0 aliphatic carbocycles. The molecule has 0 saturated carbocycles.